The van der Waals surface area contributed by atoms with E-state index in [0.717, 1.165) is 11.1 Å². The molecular formula is C19H21NO6S. The van der Waals surface area contributed by atoms with E-state index in [0.29, 0.717) is 24.5 Å². The average Bonchev–Trinajstić information content (AvgIpc) is 2.71. The Morgan fingerprint density at radius 2 is 1.63 bits per heavy atom. The van der Waals surface area contributed by atoms with Crippen molar-refractivity contribution in [1.82, 2.24) is 4.31 Å². The van der Waals surface area contributed by atoms with E-state index in [1.165, 1.54) is 30.7 Å². The van der Waals surface area contributed by atoms with Gasteiger partial charge in [0.1, 0.15) is 0 Å². The predicted molar refractivity (Wildman–Crippen MR) is 98.6 cm³/mol. The lowest BCUT2D eigenvalue weighted by Crippen LogP contribution is -2.36. The van der Waals surface area contributed by atoms with Crippen molar-refractivity contribution in [3.05, 3.63) is 53.1 Å². The largest absolute Gasteiger partial charge is 0.493 e. The van der Waals surface area contributed by atoms with E-state index in [2.05, 4.69) is 0 Å². The monoisotopic (exact) mass is 391 g/mol. The number of methoxy groups -OCH3 is 3. The van der Waals surface area contributed by atoms with E-state index in [9.17, 15) is 13.2 Å². The molecule has 0 saturated carbocycles. The van der Waals surface area contributed by atoms with Crippen LogP contribution in [0.5, 0.6) is 11.5 Å². The molecule has 0 saturated heterocycles. The molecule has 1 aliphatic rings. The minimum atomic E-state index is -3.87. The molecule has 144 valence electrons. The van der Waals surface area contributed by atoms with Gasteiger partial charge >= 0.3 is 5.97 Å². The van der Waals surface area contributed by atoms with Gasteiger partial charge in [0.05, 0.1) is 31.8 Å². The molecule has 0 N–H and O–H groups in total. The highest BCUT2D eigenvalue weighted by atomic mass is 32.2. The van der Waals surface area contributed by atoms with Crippen LogP contribution in [0.2, 0.25) is 0 Å². The van der Waals surface area contributed by atoms with Crippen LogP contribution < -0.4 is 9.47 Å². The maximum absolute atomic E-state index is 13.2. The Hall–Kier alpha value is -2.58. The minimum absolute atomic E-state index is 0.0260. The van der Waals surface area contributed by atoms with Crippen LogP contribution in [0.25, 0.3) is 0 Å². The number of hydrogen-bond donors (Lipinski definition) is 0. The van der Waals surface area contributed by atoms with E-state index in [-0.39, 0.29) is 17.0 Å². The zero-order chi connectivity index (χ0) is 19.6. The summed E-state index contributed by atoms with van der Waals surface area (Å²) in [5, 5.41) is 0. The molecular weight excluding hydrogens is 370 g/mol. The average molecular weight is 391 g/mol. The number of ether oxygens (including phenoxy) is 3. The van der Waals surface area contributed by atoms with Crippen LogP contribution in [-0.4, -0.2) is 46.6 Å². The molecule has 2 aromatic rings. The van der Waals surface area contributed by atoms with E-state index in [1.807, 2.05) is 6.07 Å². The molecule has 3 rings (SSSR count). The first-order valence-corrected chi connectivity index (χ1v) is 9.77. The van der Waals surface area contributed by atoms with Crippen molar-refractivity contribution in [2.75, 3.05) is 27.9 Å². The summed E-state index contributed by atoms with van der Waals surface area (Å²) in [6.07, 6.45) is 0.537. The fourth-order valence-electron chi connectivity index (χ4n) is 3.17. The van der Waals surface area contributed by atoms with Gasteiger partial charge in [-0.15, -0.1) is 0 Å². The smallest absolute Gasteiger partial charge is 0.339 e. The van der Waals surface area contributed by atoms with E-state index >= 15 is 0 Å². The van der Waals surface area contributed by atoms with Gasteiger partial charge in [-0.25, -0.2) is 13.2 Å². The molecule has 0 fully saturated rings. The highest BCUT2D eigenvalue weighted by Gasteiger charge is 2.32. The lowest BCUT2D eigenvalue weighted by Gasteiger charge is -2.29. The second-order valence-corrected chi connectivity index (χ2v) is 7.96. The molecule has 0 aliphatic carbocycles. The molecule has 8 heteroatoms. The van der Waals surface area contributed by atoms with Crippen molar-refractivity contribution in [2.45, 2.75) is 17.9 Å². The molecule has 0 unspecified atom stereocenters. The van der Waals surface area contributed by atoms with Crippen molar-refractivity contribution in [1.29, 1.82) is 0 Å². The fraction of sp³-hybridized carbons (Fsp3) is 0.316. The number of hydrogen-bond acceptors (Lipinski definition) is 6. The standard InChI is InChI=1S/C19H21NO6S/c1-24-16-10-13-8-9-20(12-14(13)11-17(16)25-2)27(22,23)18-7-5-4-6-15(18)19(21)26-3/h4-7,10-11H,8-9,12H2,1-3H3. The molecule has 0 aromatic heterocycles. The van der Waals surface area contributed by atoms with Crippen molar-refractivity contribution < 1.29 is 27.4 Å². The summed E-state index contributed by atoms with van der Waals surface area (Å²) in [6, 6.07) is 9.73. The van der Waals surface area contributed by atoms with Gasteiger partial charge in [-0.3, -0.25) is 0 Å². The number of fused-ring (bicyclic) bond motifs is 1. The Kier molecular flexibility index (Phi) is 5.38. The van der Waals surface area contributed by atoms with Gasteiger partial charge in [-0.1, -0.05) is 12.1 Å². The number of esters is 1. The van der Waals surface area contributed by atoms with Gasteiger partial charge in [0.15, 0.2) is 11.5 Å². The Morgan fingerprint density at radius 1 is 1.00 bits per heavy atom. The minimum Gasteiger partial charge on any atom is -0.493 e. The van der Waals surface area contributed by atoms with Gasteiger partial charge in [-0.05, 0) is 41.8 Å². The first-order valence-electron chi connectivity index (χ1n) is 8.33. The van der Waals surface area contributed by atoms with Crippen LogP contribution in [0.3, 0.4) is 0 Å². The second-order valence-electron chi connectivity index (χ2n) is 6.05. The van der Waals surface area contributed by atoms with Crippen molar-refractivity contribution in [3.8, 4) is 11.5 Å². The van der Waals surface area contributed by atoms with E-state index in [4.69, 9.17) is 14.2 Å². The summed E-state index contributed by atoms with van der Waals surface area (Å²) >= 11 is 0. The van der Waals surface area contributed by atoms with Crippen molar-refractivity contribution in [2.24, 2.45) is 0 Å². The number of nitrogens with zero attached hydrogens (tertiary/aromatic N) is 1. The Labute approximate surface area is 158 Å². The maximum atomic E-state index is 13.2. The number of benzene rings is 2. The van der Waals surface area contributed by atoms with Gasteiger partial charge in [-0.2, -0.15) is 4.31 Å². The number of rotatable bonds is 5. The van der Waals surface area contributed by atoms with Gasteiger partial charge in [0.25, 0.3) is 0 Å². The van der Waals surface area contributed by atoms with Crippen LogP contribution >= 0.6 is 0 Å². The summed E-state index contributed by atoms with van der Waals surface area (Å²) in [5.41, 5.74) is 1.89. The molecule has 0 spiro atoms. The van der Waals surface area contributed by atoms with Crippen LogP contribution in [-0.2, 0) is 27.7 Å². The third kappa shape index (κ3) is 3.50. The topological polar surface area (TPSA) is 82.1 Å². The molecule has 1 aliphatic heterocycles. The summed E-state index contributed by atoms with van der Waals surface area (Å²) in [7, 11) is 0.458. The third-order valence-corrected chi connectivity index (χ3v) is 6.50. The first kappa shape index (κ1) is 19.2. The molecule has 0 amide bonds. The van der Waals surface area contributed by atoms with Crippen LogP contribution in [0.4, 0.5) is 0 Å². The van der Waals surface area contributed by atoms with Crippen molar-refractivity contribution in [3.63, 3.8) is 0 Å². The normalized spacial score (nSPS) is 14.3. The van der Waals surface area contributed by atoms with Gasteiger partial charge in [0, 0.05) is 13.1 Å². The Bertz CT molecular complexity index is 970. The molecule has 27 heavy (non-hydrogen) atoms. The van der Waals surface area contributed by atoms with E-state index in [1.54, 1.807) is 25.3 Å². The first-order chi connectivity index (χ1) is 12.9. The van der Waals surface area contributed by atoms with Crippen molar-refractivity contribution >= 4 is 16.0 Å². The highest BCUT2D eigenvalue weighted by Crippen LogP contribution is 2.35. The molecule has 0 atom stereocenters. The van der Waals surface area contributed by atoms with Crippen LogP contribution in [0.15, 0.2) is 41.3 Å². The lowest BCUT2D eigenvalue weighted by atomic mass is 10.0. The van der Waals surface area contributed by atoms with Gasteiger partial charge in [0.2, 0.25) is 10.0 Å². The second kappa shape index (κ2) is 7.58. The number of carbonyl (C=O) groups excluding carboxylic acids is 1. The lowest BCUT2D eigenvalue weighted by molar-refractivity contribution is 0.0596. The zero-order valence-electron chi connectivity index (χ0n) is 15.4. The highest BCUT2D eigenvalue weighted by molar-refractivity contribution is 7.89. The quantitative estimate of drug-likeness (QED) is 0.727. The molecule has 1 heterocycles. The predicted octanol–water partition coefficient (Wildman–Crippen LogP) is 2.24. The number of sulfonamides is 1. The molecule has 0 bridgehead atoms. The molecule has 2 aromatic carbocycles. The van der Waals surface area contributed by atoms with Crippen LogP contribution in [0.1, 0.15) is 21.5 Å². The molecule has 0 radical (unpaired) electrons. The van der Waals surface area contributed by atoms with Gasteiger partial charge < -0.3 is 14.2 Å². The summed E-state index contributed by atoms with van der Waals surface area (Å²) in [4.78, 5) is 11.9. The third-order valence-electron chi connectivity index (χ3n) is 4.59. The maximum Gasteiger partial charge on any atom is 0.339 e. The van der Waals surface area contributed by atoms with E-state index < -0.39 is 16.0 Å². The number of carbonyl (C=O) groups is 1. The SMILES string of the molecule is COC(=O)c1ccccc1S(=O)(=O)N1CCc2cc(OC)c(OC)cc2C1. The Balaban J connectivity index is 1.99. The summed E-state index contributed by atoms with van der Waals surface area (Å²) in [6.45, 7) is 0.494. The Morgan fingerprint density at radius 3 is 2.26 bits per heavy atom. The van der Waals surface area contributed by atoms with Crippen LogP contribution in [0, 0.1) is 0 Å². The summed E-state index contributed by atoms with van der Waals surface area (Å²) < 4.78 is 43.1. The zero-order valence-corrected chi connectivity index (χ0v) is 16.2. The summed E-state index contributed by atoms with van der Waals surface area (Å²) in [5.74, 6) is 0.479. The molecule has 7 nitrogen and oxygen atoms in total. The fourth-order valence-corrected chi connectivity index (χ4v) is 4.77.